The number of halogens is 1. The summed E-state index contributed by atoms with van der Waals surface area (Å²) in [7, 11) is 0. The van der Waals surface area contributed by atoms with Crippen LogP contribution in [-0.4, -0.2) is 28.7 Å². The number of hydrogen-bond acceptors (Lipinski definition) is 3. The number of aliphatic hydroxyl groups excluding tert-OH is 1. The van der Waals surface area contributed by atoms with Crippen molar-refractivity contribution in [3.63, 3.8) is 0 Å². The fraction of sp³-hybridized carbons (Fsp3) is 0.625. The topological polar surface area (TPSA) is 49.7 Å². The number of rotatable bonds is 6. The molecule has 2 rings (SSSR count). The molecule has 0 amide bonds. The van der Waals surface area contributed by atoms with E-state index in [0.717, 1.165) is 24.8 Å². The van der Waals surface area contributed by atoms with Crippen LogP contribution < -0.4 is 0 Å². The lowest BCUT2D eigenvalue weighted by Crippen LogP contribution is -2.39. The SMILES string of the molecule is OCCC(Cc1ccccc1Cl)OC1(O)CCCCC1. The van der Waals surface area contributed by atoms with Crippen LogP contribution in [0.4, 0.5) is 0 Å². The molecule has 0 aliphatic heterocycles. The fourth-order valence-electron chi connectivity index (χ4n) is 2.79. The van der Waals surface area contributed by atoms with Crippen LogP contribution in [0.15, 0.2) is 24.3 Å². The molecule has 1 aromatic rings. The van der Waals surface area contributed by atoms with Gasteiger partial charge in [0.05, 0.1) is 6.10 Å². The Balaban J connectivity index is 2.01. The van der Waals surface area contributed by atoms with E-state index < -0.39 is 5.79 Å². The van der Waals surface area contributed by atoms with E-state index in [2.05, 4.69) is 0 Å². The normalized spacial score (nSPS) is 19.8. The second-order valence-corrected chi connectivity index (χ2v) is 5.96. The summed E-state index contributed by atoms with van der Waals surface area (Å²) in [5.74, 6) is -1.03. The Hall–Kier alpha value is -0.610. The third-order valence-corrected chi connectivity index (χ3v) is 4.25. The molecule has 0 saturated heterocycles. The van der Waals surface area contributed by atoms with Crippen molar-refractivity contribution in [2.45, 2.75) is 56.8 Å². The molecular formula is C16H23ClO3. The second kappa shape index (κ2) is 7.41. The Morgan fingerprint density at radius 3 is 2.55 bits per heavy atom. The van der Waals surface area contributed by atoms with Crippen LogP contribution in [0.5, 0.6) is 0 Å². The quantitative estimate of drug-likeness (QED) is 0.792. The Labute approximate surface area is 125 Å². The van der Waals surface area contributed by atoms with Crippen molar-refractivity contribution in [1.82, 2.24) is 0 Å². The van der Waals surface area contributed by atoms with Gasteiger partial charge in [-0.25, -0.2) is 0 Å². The van der Waals surface area contributed by atoms with E-state index in [-0.39, 0.29) is 12.7 Å². The first-order chi connectivity index (χ1) is 9.63. The van der Waals surface area contributed by atoms with Crippen molar-refractivity contribution in [2.24, 2.45) is 0 Å². The maximum atomic E-state index is 10.5. The molecule has 0 bridgehead atoms. The fourth-order valence-corrected chi connectivity index (χ4v) is 3.00. The molecule has 1 aliphatic rings. The van der Waals surface area contributed by atoms with Crippen LogP contribution in [-0.2, 0) is 11.2 Å². The molecule has 1 unspecified atom stereocenters. The Morgan fingerprint density at radius 2 is 1.90 bits per heavy atom. The average molecular weight is 299 g/mol. The smallest absolute Gasteiger partial charge is 0.165 e. The predicted molar refractivity (Wildman–Crippen MR) is 79.8 cm³/mol. The van der Waals surface area contributed by atoms with Gasteiger partial charge >= 0.3 is 0 Å². The monoisotopic (exact) mass is 298 g/mol. The molecule has 3 nitrogen and oxygen atoms in total. The van der Waals surface area contributed by atoms with Gasteiger partial charge in [-0.1, -0.05) is 36.2 Å². The molecule has 0 radical (unpaired) electrons. The largest absolute Gasteiger partial charge is 0.396 e. The predicted octanol–water partition coefficient (Wildman–Crippen LogP) is 3.30. The second-order valence-electron chi connectivity index (χ2n) is 5.55. The molecule has 2 N–H and O–H groups in total. The summed E-state index contributed by atoms with van der Waals surface area (Å²) >= 11 is 6.17. The van der Waals surface area contributed by atoms with Gasteiger partial charge in [0.1, 0.15) is 0 Å². The Bertz CT molecular complexity index is 416. The van der Waals surface area contributed by atoms with Gasteiger partial charge in [0.15, 0.2) is 5.79 Å². The third kappa shape index (κ3) is 4.45. The highest BCUT2D eigenvalue weighted by Gasteiger charge is 2.33. The first-order valence-electron chi connectivity index (χ1n) is 7.37. The maximum absolute atomic E-state index is 10.5. The van der Waals surface area contributed by atoms with Crippen LogP contribution in [0.3, 0.4) is 0 Å². The molecule has 1 saturated carbocycles. The molecule has 0 heterocycles. The zero-order chi connectivity index (χ0) is 14.4. The Morgan fingerprint density at radius 1 is 1.20 bits per heavy atom. The summed E-state index contributed by atoms with van der Waals surface area (Å²) in [5, 5.41) is 20.4. The number of aliphatic hydroxyl groups is 2. The van der Waals surface area contributed by atoms with Gasteiger partial charge in [-0.05, 0) is 30.9 Å². The van der Waals surface area contributed by atoms with Crippen LogP contribution in [0.2, 0.25) is 5.02 Å². The number of ether oxygens (including phenoxy) is 1. The van der Waals surface area contributed by atoms with Crippen molar-refractivity contribution >= 4 is 11.6 Å². The van der Waals surface area contributed by atoms with Gasteiger partial charge in [-0.15, -0.1) is 0 Å². The lowest BCUT2D eigenvalue weighted by Gasteiger charge is -2.35. The third-order valence-electron chi connectivity index (χ3n) is 3.88. The van der Waals surface area contributed by atoms with Crippen molar-refractivity contribution < 1.29 is 14.9 Å². The molecule has 1 aromatic carbocycles. The van der Waals surface area contributed by atoms with E-state index in [4.69, 9.17) is 16.3 Å². The maximum Gasteiger partial charge on any atom is 0.165 e. The average Bonchev–Trinajstić information content (AvgIpc) is 2.42. The van der Waals surface area contributed by atoms with Crippen LogP contribution in [0, 0.1) is 0 Å². The minimum atomic E-state index is -1.03. The highest BCUT2D eigenvalue weighted by atomic mass is 35.5. The summed E-state index contributed by atoms with van der Waals surface area (Å²) in [4.78, 5) is 0. The van der Waals surface area contributed by atoms with Crippen molar-refractivity contribution in [1.29, 1.82) is 0 Å². The van der Waals surface area contributed by atoms with Gasteiger partial charge in [0, 0.05) is 30.9 Å². The first kappa shape index (κ1) is 15.8. The molecule has 1 fully saturated rings. The summed E-state index contributed by atoms with van der Waals surface area (Å²) in [6.45, 7) is 0.0468. The highest BCUT2D eigenvalue weighted by Crippen LogP contribution is 2.31. The van der Waals surface area contributed by atoms with Gasteiger partial charge in [-0.2, -0.15) is 0 Å². The lowest BCUT2D eigenvalue weighted by atomic mass is 9.93. The van der Waals surface area contributed by atoms with Gasteiger partial charge < -0.3 is 14.9 Å². The zero-order valence-corrected chi connectivity index (χ0v) is 12.5. The molecule has 4 heteroatoms. The van der Waals surface area contributed by atoms with Crippen LogP contribution in [0.1, 0.15) is 44.1 Å². The molecule has 1 aliphatic carbocycles. The van der Waals surface area contributed by atoms with E-state index in [0.29, 0.717) is 30.7 Å². The first-order valence-corrected chi connectivity index (χ1v) is 7.75. The molecule has 0 aromatic heterocycles. The van der Waals surface area contributed by atoms with E-state index in [1.54, 1.807) is 0 Å². The zero-order valence-electron chi connectivity index (χ0n) is 11.7. The van der Waals surface area contributed by atoms with Crippen molar-refractivity contribution in [2.75, 3.05) is 6.61 Å². The summed E-state index contributed by atoms with van der Waals surface area (Å²) in [6.07, 6.45) is 5.41. The molecule has 1 atom stereocenters. The number of benzene rings is 1. The van der Waals surface area contributed by atoms with Gasteiger partial charge in [0.2, 0.25) is 0 Å². The molecule has 0 spiro atoms. The summed E-state index contributed by atoms with van der Waals surface area (Å²) < 4.78 is 5.92. The van der Waals surface area contributed by atoms with Crippen LogP contribution >= 0.6 is 11.6 Å². The number of hydrogen-bond donors (Lipinski definition) is 2. The van der Waals surface area contributed by atoms with Crippen molar-refractivity contribution in [3.8, 4) is 0 Å². The molecular weight excluding hydrogens is 276 g/mol. The molecule has 20 heavy (non-hydrogen) atoms. The van der Waals surface area contributed by atoms with E-state index in [1.807, 2.05) is 24.3 Å². The standard InChI is InChI=1S/C16H23ClO3/c17-15-7-3-2-6-13(15)12-14(8-11-18)20-16(19)9-4-1-5-10-16/h2-3,6-7,14,18-19H,1,4-5,8-12H2. The molecule has 112 valence electrons. The minimum Gasteiger partial charge on any atom is -0.396 e. The lowest BCUT2D eigenvalue weighted by molar-refractivity contribution is -0.246. The van der Waals surface area contributed by atoms with Crippen molar-refractivity contribution in [3.05, 3.63) is 34.9 Å². The summed E-state index contributed by atoms with van der Waals surface area (Å²) in [6, 6.07) is 7.64. The van der Waals surface area contributed by atoms with Gasteiger partial charge in [-0.3, -0.25) is 0 Å². The summed E-state index contributed by atoms with van der Waals surface area (Å²) in [5.41, 5.74) is 0.993. The highest BCUT2D eigenvalue weighted by molar-refractivity contribution is 6.31. The van der Waals surface area contributed by atoms with E-state index in [1.165, 1.54) is 0 Å². The van der Waals surface area contributed by atoms with E-state index in [9.17, 15) is 10.2 Å². The van der Waals surface area contributed by atoms with E-state index >= 15 is 0 Å². The minimum absolute atomic E-state index is 0.0468. The van der Waals surface area contributed by atoms with Gasteiger partial charge in [0.25, 0.3) is 0 Å². The van der Waals surface area contributed by atoms with Crippen LogP contribution in [0.25, 0.3) is 0 Å². The Kier molecular flexibility index (Phi) is 5.85.